The van der Waals surface area contributed by atoms with Crippen molar-refractivity contribution in [1.29, 1.82) is 0 Å². The van der Waals surface area contributed by atoms with Crippen molar-refractivity contribution in [1.82, 2.24) is 5.32 Å². The molecule has 2 N–H and O–H groups in total. The van der Waals surface area contributed by atoms with Gasteiger partial charge in [0.25, 0.3) is 0 Å². The van der Waals surface area contributed by atoms with Crippen molar-refractivity contribution < 1.29 is 14.7 Å². The predicted molar refractivity (Wildman–Crippen MR) is 100 cm³/mol. The van der Waals surface area contributed by atoms with Gasteiger partial charge < -0.3 is 10.4 Å². The van der Waals surface area contributed by atoms with Gasteiger partial charge in [-0.3, -0.25) is 9.59 Å². The number of hydrogen-bond donors (Lipinski definition) is 2. The van der Waals surface area contributed by atoms with E-state index in [1.54, 1.807) is 0 Å². The molecule has 0 aromatic carbocycles. The van der Waals surface area contributed by atoms with Gasteiger partial charge >= 0.3 is 5.97 Å². The number of allylic oxidation sites excluding steroid dienone is 2. The minimum absolute atomic E-state index is 0.00107. The molecule has 4 heteroatoms. The van der Waals surface area contributed by atoms with Crippen LogP contribution in [-0.4, -0.2) is 23.5 Å². The second-order valence-electron chi connectivity index (χ2n) is 6.47. The molecule has 4 nitrogen and oxygen atoms in total. The number of aliphatic carboxylic acids is 1. The molecule has 0 aliphatic carbocycles. The van der Waals surface area contributed by atoms with Crippen LogP contribution < -0.4 is 5.32 Å². The van der Waals surface area contributed by atoms with Gasteiger partial charge in [0, 0.05) is 13.0 Å². The standard InChI is InChI=1S/C20H37NO3/c1-2-3-4-5-6-7-8-9-10-11-12-13-14-15-16-19(22)21-18-17-20(23)24/h7-8H,2-6,9-18H2,1H3,(H,21,22)(H,23,24). The first-order valence-corrected chi connectivity index (χ1v) is 9.80. The van der Waals surface area contributed by atoms with Crippen molar-refractivity contribution in [2.45, 2.75) is 96.8 Å². The molecule has 0 aliphatic rings. The van der Waals surface area contributed by atoms with Crippen LogP contribution in [0, 0.1) is 0 Å². The van der Waals surface area contributed by atoms with E-state index < -0.39 is 5.97 Å². The first-order chi connectivity index (χ1) is 11.7. The zero-order valence-electron chi connectivity index (χ0n) is 15.5. The van der Waals surface area contributed by atoms with Crippen molar-refractivity contribution >= 4 is 11.9 Å². The Labute approximate surface area is 148 Å². The van der Waals surface area contributed by atoms with Crippen LogP contribution in [0.15, 0.2) is 12.2 Å². The van der Waals surface area contributed by atoms with Crippen molar-refractivity contribution in [2.24, 2.45) is 0 Å². The summed E-state index contributed by atoms with van der Waals surface area (Å²) in [5, 5.41) is 11.1. The van der Waals surface area contributed by atoms with E-state index in [1.165, 1.54) is 64.2 Å². The number of hydrogen-bond acceptors (Lipinski definition) is 2. The highest BCUT2D eigenvalue weighted by Crippen LogP contribution is 2.09. The normalized spacial score (nSPS) is 11.0. The second-order valence-corrected chi connectivity index (χ2v) is 6.47. The number of unbranched alkanes of at least 4 members (excludes halogenated alkanes) is 10. The smallest absolute Gasteiger partial charge is 0.305 e. The van der Waals surface area contributed by atoms with Gasteiger partial charge in [-0.05, 0) is 32.1 Å². The van der Waals surface area contributed by atoms with E-state index in [2.05, 4.69) is 24.4 Å². The van der Waals surface area contributed by atoms with E-state index in [9.17, 15) is 9.59 Å². The summed E-state index contributed by atoms with van der Waals surface area (Å²) < 4.78 is 0. The Kier molecular flexibility index (Phi) is 17.0. The van der Waals surface area contributed by atoms with Crippen LogP contribution in [0.4, 0.5) is 0 Å². The fraction of sp³-hybridized carbons (Fsp3) is 0.800. The van der Waals surface area contributed by atoms with Crippen molar-refractivity contribution in [3.63, 3.8) is 0 Å². The fourth-order valence-electron chi connectivity index (χ4n) is 2.58. The molecule has 0 bridgehead atoms. The van der Waals surface area contributed by atoms with E-state index in [0.717, 1.165) is 12.8 Å². The predicted octanol–water partition coefficient (Wildman–Crippen LogP) is 5.22. The Balaban J connectivity index is 3.20. The molecule has 0 aromatic rings. The van der Waals surface area contributed by atoms with Crippen LogP contribution in [0.5, 0.6) is 0 Å². The van der Waals surface area contributed by atoms with Gasteiger partial charge in [-0.2, -0.15) is 0 Å². The molecule has 140 valence electrons. The van der Waals surface area contributed by atoms with Gasteiger partial charge in [0.1, 0.15) is 0 Å². The van der Waals surface area contributed by atoms with E-state index in [4.69, 9.17) is 5.11 Å². The Bertz CT molecular complexity index is 340. The average molecular weight is 340 g/mol. The maximum Gasteiger partial charge on any atom is 0.305 e. The molecular formula is C20H37NO3. The maximum atomic E-state index is 11.4. The quantitative estimate of drug-likeness (QED) is 0.282. The number of amides is 1. The van der Waals surface area contributed by atoms with Crippen molar-refractivity contribution in [3.05, 3.63) is 12.2 Å². The molecule has 24 heavy (non-hydrogen) atoms. The van der Waals surface area contributed by atoms with Gasteiger partial charge in [-0.25, -0.2) is 0 Å². The molecular weight excluding hydrogens is 302 g/mol. The third kappa shape index (κ3) is 18.7. The second kappa shape index (κ2) is 18.0. The van der Waals surface area contributed by atoms with Crippen LogP contribution in [0.25, 0.3) is 0 Å². The van der Waals surface area contributed by atoms with E-state index >= 15 is 0 Å². The number of rotatable bonds is 17. The van der Waals surface area contributed by atoms with Crippen molar-refractivity contribution in [3.8, 4) is 0 Å². The summed E-state index contributed by atoms with van der Waals surface area (Å²) in [6, 6.07) is 0. The zero-order chi connectivity index (χ0) is 17.9. The highest BCUT2D eigenvalue weighted by atomic mass is 16.4. The molecule has 0 aromatic heterocycles. The zero-order valence-corrected chi connectivity index (χ0v) is 15.5. The average Bonchev–Trinajstić information content (AvgIpc) is 2.55. The number of carboxylic acid groups (broad SMARTS) is 1. The van der Waals surface area contributed by atoms with Crippen LogP contribution in [0.2, 0.25) is 0 Å². The van der Waals surface area contributed by atoms with Crippen molar-refractivity contribution in [2.75, 3.05) is 6.54 Å². The Hall–Kier alpha value is -1.32. The fourth-order valence-corrected chi connectivity index (χ4v) is 2.58. The lowest BCUT2D eigenvalue weighted by molar-refractivity contribution is -0.136. The first-order valence-electron chi connectivity index (χ1n) is 9.80. The van der Waals surface area contributed by atoms with E-state index in [-0.39, 0.29) is 18.9 Å². The highest BCUT2D eigenvalue weighted by Gasteiger charge is 2.02. The first kappa shape index (κ1) is 22.7. The van der Waals surface area contributed by atoms with Crippen LogP contribution >= 0.6 is 0 Å². The lowest BCUT2D eigenvalue weighted by atomic mass is 10.1. The number of nitrogens with one attached hydrogen (secondary N) is 1. The Morgan fingerprint density at radius 2 is 1.33 bits per heavy atom. The maximum absolute atomic E-state index is 11.4. The lowest BCUT2D eigenvalue weighted by Gasteiger charge is -2.03. The third-order valence-electron chi connectivity index (χ3n) is 4.08. The van der Waals surface area contributed by atoms with E-state index in [1.807, 2.05) is 0 Å². The molecule has 0 rings (SSSR count). The van der Waals surface area contributed by atoms with Crippen LogP contribution in [0.3, 0.4) is 0 Å². The molecule has 0 saturated carbocycles. The third-order valence-corrected chi connectivity index (χ3v) is 4.08. The molecule has 0 heterocycles. The number of carboxylic acids is 1. The number of carbonyl (C=O) groups is 2. The molecule has 0 radical (unpaired) electrons. The van der Waals surface area contributed by atoms with Gasteiger partial charge in [-0.15, -0.1) is 0 Å². The molecule has 1 amide bonds. The van der Waals surface area contributed by atoms with E-state index in [0.29, 0.717) is 6.42 Å². The van der Waals surface area contributed by atoms with Gasteiger partial charge in [0.15, 0.2) is 0 Å². The van der Waals surface area contributed by atoms with Crippen LogP contribution in [0.1, 0.15) is 96.8 Å². The molecule has 0 spiro atoms. The number of carbonyl (C=O) groups excluding carboxylic acids is 1. The topological polar surface area (TPSA) is 66.4 Å². The minimum atomic E-state index is -0.873. The SMILES string of the molecule is CCCCCCC=CCCCCCCCCC(=O)NCCC(=O)O. The highest BCUT2D eigenvalue weighted by molar-refractivity contribution is 5.76. The summed E-state index contributed by atoms with van der Waals surface area (Å²) in [4.78, 5) is 21.8. The molecule has 0 fully saturated rings. The molecule has 0 atom stereocenters. The summed E-state index contributed by atoms with van der Waals surface area (Å²) in [6.45, 7) is 2.48. The summed E-state index contributed by atoms with van der Waals surface area (Å²) in [5.74, 6) is -0.901. The summed E-state index contributed by atoms with van der Waals surface area (Å²) in [6.07, 6.45) is 19.9. The summed E-state index contributed by atoms with van der Waals surface area (Å²) in [7, 11) is 0. The lowest BCUT2D eigenvalue weighted by Crippen LogP contribution is -2.25. The summed E-state index contributed by atoms with van der Waals surface area (Å²) in [5.41, 5.74) is 0. The molecule has 0 aliphatic heterocycles. The monoisotopic (exact) mass is 339 g/mol. The van der Waals surface area contributed by atoms with Gasteiger partial charge in [0.2, 0.25) is 5.91 Å². The Morgan fingerprint density at radius 1 is 0.792 bits per heavy atom. The Morgan fingerprint density at radius 3 is 1.92 bits per heavy atom. The molecule has 0 unspecified atom stereocenters. The minimum Gasteiger partial charge on any atom is -0.481 e. The van der Waals surface area contributed by atoms with Gasteiger partial charge in [-0.1, -0.05) is 64.0 Å². The van der Waals surface area contributed by atoms with Crippen LogP contribution in [-0.2, 0) is 9.59 Å². The largest absolute Gasteiger partial charge is 0.481 e. The summed E-state index contributed by atoms with van der Waals surface area (Å²) >= 11 is 0. The molecule has 0 saturated heterocycles. The van der Waals surface area contributed by atoms with Gasteiger partial charge in [0.05, 0.1) is 6.42 Å².